The molecule has 1 atom stereocenters. The second-order valence-corrected chi connectivity index (χ2v) is 8.95. The van der Waals surface area contributed by atoms with Crippen LogP contribution in [-0.2, 0) is 4.79 Å². The normalized spacial score (nSPS) is 23.3. The Morgan fingerprint density at radius 2 is 1.93 bits per heavy atom. The summed E-state index contributed by atoms with van der Waals surface area (Å²) in [5, 5.41) is 4.26. The molecule has 1 aliphatic carbocycles. The molecule has 150 valence electrons. The number of aromatic amines is 1. The highest BCUT2D eigenvalue weighted by Crippen LogP contribution is 2.33. The van der Waals surface area contributed by atoms with Crippen LogP contribution in [0.25, 0.3) is 10.9 Å². The molecule has 1 saturated heterocycles. The summed E-state index contributed by atoms with van der Waals surface area (Å²) in [5.41, 5.74) is 3.44. The first kappa shape index (κ1) is 19.0. The van der Waals surface area contributed by atoms with Crippen molar-refractivity contribution in [1.29, 1.82) is 0 Å². The van der Waals surface area contributed by atoms with Crippen LogP contribution in [0, 0.1) is 19.3 Å². The summed E-state index contributed by atoms with van der Waals surface area (Å²) in [6, 6.07) is 6.17. The van der Waals surface area contributed by atoms with Crippen molar-refractivity contribution in [2.24, 2.45) is 5.41 Å². The molecule has 1 aliphatic heterocycles. The third-order valence-corrected chi connectivity index (χ3v) is 6.78. The first-order chi connectivity index (χ1) is 13.4. The van der Waals surface area contributed by atoms with Crippen molar-refractivity contribution in [1.82, 2.24) is 15.2 Å². The number of likely N-dealkylation sites (tertiary alicyclic amines) is 1. The van der Waals surface area contributed by atoms with Gasteiger partial charge < -0.3 is 15.2 Å². The first-order valence-corrected chi connectivity index (χ1v) is 10.6. The molecule has 2 aromatic rings. The van der Waals surface area contributed by atoms with Gasteiger partial charge in [0, 0.05) is 41.3 Å². The van der Waals surface area contributed by atoms with Gasteiger partial charge in [-0.25, -0.2) is 0 Å². The first-order valence-electron chi connectivity index (χ1n) is 10.6. The Labute approximate surface area is 166 Å². The number of hydrogen-bond acceptors (Lipinski definition) is 2. The van der Waals surface area contributed by atoms with Crippen LogP contribution < -0.4 is 5.32 Å². The van der Waals surface area contributed by atoms with Gasteiger partial charge >= 0.3 is 0 Å². The van der Waals surface area contributed by atoms with Crippen LogP contribution in [0.3, 0.4) is 0 Å². The van der Waals surface area contributed by atoms with Gasteiger partial charge in [-0.15, -0.1) is 0 Å². The van der Waals surface area contributed by atoms with E-state index >= 15 is 0 Å². The van der Waals surface area contributed by atoms with Gasteiger partial charge in [-0.2, -0.15) is 0 Å². The van der Waals surface area contributed by atoms with Crippen LogP contribution in [-0.4, -0.2) is 40.8 Å². The van der Waals surface area contributed by atoms with E-state index in [1.807, 2.05) is 36.9 Å². The van der Waals surface area contributed by atoms with E-state index < -0.39 is 5.41 Å². The largest absolute Gasteiger partial charge is 0.358 e. The minimum Gasteiger partial charge on any atom is -0.358 e. The summed E-state index contributed by atoms with van der Waals surface area (Å²) in [4.78, 5) is 31.7. The molecule has 28 heavy (non-hydrogen) atoms. The Bertz CT molecular complexity index is 910. The quantitative estimate of drug-likeness (QED) is 0.841. The lowest BCUT2D eigenvalue weighted by molar-refractivity contribution is -0.133. The van der Waals surface area contributed by atoms with E-state index in [2.05, 4.69) is 17.2 Å². The monoisotopic (exact) mass is 381 g/mol. The minimum absolute atomic E-state index is 0.0345. The third kappa shape index (κ3) is 3.31. The number of nitrogens with zero attached hydrogens (tertiary/aromatic N) is 1. The number of aryl methyl sites for hydroxylation is 2. The van der Waals surface area contributed by atoms with Crippen molar-refractivity contribution < 1.29 is 9.59 Å². The zero-order chi connectivity index (χ0) is 19.9. The lowest BCUT2D eigenvalue weighted by Gasteiger charge is -2.40. The zero-order valence-corrected chi connectivity index (χ0v) is 17.2. The number of carbonyl (C=O) groups excluding carboxylic acids is 2. The minimum atomic E-state index is -0.506. The standard InChI is InChI=1S/C23H31N3O2/c1-15-16(2)24-19-11-6-10-18(20(15)19)21(27)26-13-7-12-23(3,14-26)22(28)25-17-8-4-5-9-17/h6,10-11,17,24H,4-5,7-9,12-14H2,1-3H3,(H,25,28)/t23-/m0/s1. The Morgan fingerprint density at radius 1 is 1.18 bits per heavy atom. The summed E-state index contributed by atoms with van der Waals surface area (Å²) in [5.74, 6) is 0.149. The van der Waals surface area contributed by atoms with Gasteiger partial charge in [0.2, 0.25) is 5.91 Å². The predicted octanol–water partition coefficient (Wildman–Crippen LogP) is 4.09. The maximum absolute atomic E-state index is 13.4. The highest BCUT2D eigenvalue weighted by Gasteiger charge is 2.40. The number of hydrogen-bond donors (Lipinski definition) is 2. The smallest absolute Gasteiger partial charge is 0.254 e. The third-order valence-electron chi connectivity index (χ3n) is 6.78. The number of carbonyl (C=O) groups is 2. The summed E-state index contributed by atoms with van der Waals surface area (Å²) >= 11 is 0. The molecule has 1 aromatic heterocycles. The van der Waals surface area contributed by atoms with Crippen LogP contribution in [0.2, 0.25) is 0 Å². The Morgan fingerprint density at radius 3 is 2.68 bits per heavy atom. The summed E-state index contributed by atoms with van der Waals surface area (Å²) in [7, 11) is 0. The van der Waals surface area contributed by atoms with Gasteiger partial charge in [0.15, 0.2) is 0 Å². The summed E-state index contributed by atoms with van der Waals surface area (Å²) in [6.07, 6.45) is 6.26. The number of nitrogens with one attached hydrogen (secondary N) is 2. The average molecular weight is 382 g/mol. The molecule has 2 aliphatic rings. The summed E-state index contributed by atoms with van der Waals surface area (Å²) < 4.78 is 0. The molecular weight excluding hydrogens is 350 g/mol. The van der Waals surface area contributed by atoms with Crippen molar-refractivity contribution in [2.75, 3.05) is 13.1 Å². The molecule has 2 heterocycles. The molecular formula is C23H31N3O2. The topological polar surface area (TPSA) is 65.2 Å². The van der Waals surface area contributed by atoms with Crippen molar-refractivity contribution in [3.8, 4) is 0 Å². The number of benzene rings is 1. The molecule has 0 bridgehead atoms. The molecule has 1 aromatic carbocycles. The second kappa shape index (κ2) is 7.26. The average Bonchev–Trinajstić information content (AvgIpc) is 3.29. The van der Waals surface area contributed by atoms with Crippen LogP contribution in [0.15, 0.2) is 18.2 Å². The lowest BCUT2D eigenvalue weighted by atomic mass is 9.80. The van der Waals surface area contributed by atoms with Crippen LogP contribution >= 0.6 is 0 Å². The van der Waals surface area contributed by atoms with Gasteiger partial charge in [0.05, 0.1) is 5.41 Å². The molecule has 0 spiro atoms. The molecule has 5 heteroatoms. The highest BCUT2D eigenvalue weighted by molar-refractivity contribution is 6.08. The van der Waals surface area contributed by atoms with Crippen LogP contribution in [0.1, 0.15) is 67.1 Å². The maximum atomic E-state index is 13.4. The molecule has 2 amide bonds. The number of H-pyrrole nitrogens is 1. The van der Waals surface area contributed by atoms with E-state index in [9.17, 15) is 9.59 Å². The van der Waals surface area contributed by atoms with E-state index in [1.54, 1.807) is 0 Å². The molecule has 4 rings (SSSR count). The fourth-order valence-electron chi connectivity index (χ4n) is 4.92. The molecule has 1 saturated carbocycles. The van der Waals surface area contributed by atoms with Crippen molar-refractivity contribution in [3.05, 3.63) is 35.0 Å². The summed E-state index contributed by atoms with van der Waals surface area (Å²) in [6.45, 7) is 7.31. The van der Waals surface area contributed by atoms with Crippen molar-refractivity contribution in [3.63, 3.8) is 0 Å². The Kier molecular flexibility index (Phi) is 4.94. The van der Waals surface area contributed by atoms with Gasteiger partial charge in [-0.05, 0) is 64.2 Å². The molecule has 5 nitrogen and oxygen atoms in total. The van der Waals surface area contributed by atoms with Crippen LogP contribution in [0.5, 0.6) is 0 Å². The number of aromatic nitrogens is 1. The maximum Gasteiger partial charge on any atom is 0.254 e. The van der Waals surface area contributed by atoms with E-state index in [1.165, 1.54) is 12.8 Å². The second-order valence-electron chi connectivity index (χ2n) is 8.95. The zero-order valence-electron chi connectivity index (χ0n) is 17.2. The van der Waals surface area contributed by atoms with Gasteiger partial charge in [-0.3, -0.25) is 9.59 Å². The fourth-order valence-corrected chi connectivity index (χ4v) is 4.92. The van der Waals surface area contributed by atoms with Crippen LogP contribution in [0.4, 0.5) is 0 Å². The van der Waals surface area contributed by atoms with Crippen molar-refractivity contribution >= 4 is 22.7 Å². The Hall–Kier alpha value is -2.30. The van der Waals surface area contributed by atoms with Gasteiger partial charge in [0.1, 0.15) is 0 Å². The molecule has 0 radical (unpaired) electrons. The lowest BCUT2D eigenvalue weighted by Crippen LogP contribution is -2.53. The van der Waals surface area contributed by atoms with E-state index in [4.69, 9.17) is 0 Å². The molecule has 2 N–H and O–H groups in total. The Balaban J connectivity index is 1.56. The van der Waals surface area contributed by atoms with E-state index in [0.29, 0.717) is 19.1 Å². The van der Waals surface area contributed by atoms with Gasteiger partial charge in [0.25, 0.3) is 5.91 Å². The number of amides is 2. The predicted molar refractivity (Wildman–Crippen MR) is 111 cm³/mol. The van der Waals surface area contributed by atoms with E-state index in [0.717, 1.165) is 53.4 Å². The van der Waals surface area contributed by atoms with Gasteiger partial charge in [-0.1, -0.05) is 18.9 Å². The number of fused-ring (bicyclic) bond motifs is 1. The highest BCUT2D eigenvalue weighted by atomic mass is 16.2. The fraction of sp³-hybridized carbons (Fsp3) is 0.565. The molecule has 0 unspecified atom stereocenters. The van der Waals surface area contributed by atoms with Crippen molar-refractivity contribution in [2.45, 2.75) is 65.3 Å². The number of piperidine rings is 1. The number of rotatable bonds is 3. The molecule has 2 fully saturated rings. The van der Waals surface area contributed by atoms with E-state index in [-0.39, 0.29) is 11.8 Å². The SMILES string of the molecule is Cc1[nH]c2cccc(C(=O)N3CCC[C@](C)(C(=O)NC4CCCC4)C3)c2c1C.